The number of amides is 1. The Morgan fingerprint density at radius 3 is 2.72 bits per heavy atom. The summed E-state index contributed by atoms with van der Waals surface area (Å²) >= 11 is 0. The van der Waals surface area contributed by atoms with Gasteiger partial charge in [0.1, 0.15) is 6.10 Å². The molecule has 1 fully saturated rings. The molecule has 25 heavy (non-hydrogen) atoms. The number of rotatable bonds is 3. The molecule has 126 valence electrons. The van der Waals surface area contributed by atoms with Gasteiger partial charge in [0, 0.05) is 24.5 Å². The van der Waals surface area contributed by atoms with Crippen LogP contribution in [0.4, 0.5) is 0 Å². The van der Waals surface area contributed by atoms with E-state index in [0.29, 0.717) is 12.6 Å². The first-order chi connectivity index (χ1) is 12.3. The van der Waals surface area contributed by atoms with Crippen LogP contribution in [0.2, 0.25) is 0 Å². The number of benzene rings is 2. The van der Waals surface area contributed by atoms with Crippen LogP contribution in [0.25, 0.3) is 10.8 Å². The van der Waals surface area contributed by atoms with Crippen molar-refractivity contribution in [3.05, 3.63) is 66.5 Å². The van der Waals surface area contributed by atoms with Crippen molar-refractivity contribution in [2.75, 3.05) is 13.1 Å². The standard InChI is InChI=1S/C20H19N3O2/c24-19(18-10-3-7-15-6-1-2-9-17(15)18)23-13-4-8-16(14-23)25-20-21-11-5-12-22-20/h1-3,5-7,9-12,16H,4,8,13-14H2. The normalized spacial score (nSPS) is 17.4. The topological polar surface area (TPSA) is 55.3 Å². The Hall–Kier alpha value is -2.95. The molecule has 1 unspecified atom stereocenters. The van der Waals surface area contributed by atoms with E-state index >= 15 is 0 Å². The lowest BCUT2D eigenvalue weighted by Gasteiger charge is -2.32. The largest absolute Gasteiger partial charge is 0.458 e. The van der Waals surface area contributed by atoms with Crippen LogP contribution in [-0.2, 0) is 0 Å². The van der Waals surface area contributed by atoms with Gasteiger partial charge in [0.05, 0.1) is 6.54 Å². The predicted molar refractivity (Wildman–Crippen MR) is 95.5 cm³/mol. The van der Waals surface area contributed by atoms with Crippen LogP contribution in [0.3, 0.4) is 0 Å². The van der Waals surface area contributed by atoms with Crippen molar-refractivity contribution in [2.24, 2.45) is 0 Å². The fraction of sp³-hybridized carbons (Fsp3) is 0.250. The van der Waals surface area contributed by atoms with E-state index in [-0.39, 0.29) is 12.0 Å². The number of aromatic nitrogens is 2. The molecule has 1 aliphatic heterocycles. The minimum absolute atomic E-state index is 0.0547. The summed E-state index contributed by atoms with van der Waals surface area (Å²) in [6.07, 6.45) is 5.05. The van der Waals surface area contributed by atoms with Gasteiger partial charge in [-0.2, -0.15) is 0 Å². The van der Waals surface area contributed by atoms with Crippen molar-refractivity contribution in [1.29, 1.82) is 0 Å². The van der Waals surface area contributed by atoms with E-state index in [0.717, 1.165) is 35.7 Å². The van der Waals surface area contributed by atoms with Crippen molar-refractivity contribution >= 4 is 16.7 Å². The van der Waals surface area contributed by atoms with E-state index in [1.54, 1.807) is 18.5 Å². The molecule has 2 aromatic carbocycles. The fourth-order valence-electron chi connectivity index (χ4n) is 3.30. The number of piperidine rings is 1. The van der Waals surface area contributed by atoms with Gasteiger partial charge in [-0.3, -0.25) is 4.79 Å². The molecule has 0 bridgehead atoms. The quantitative estimate of drug-likeness (QED) is 0.738. The van der Waals surface area contributed by atoms with Gasteiger partial charge in [-0.15, -0.1) is 0 Å². The molecule has 4 rings (SSSR count). The van der Waals surface area contributed by atoms with Gasteiger partial charge < -0.3 is 9.64 Å². The van der Waals surface area contributed by atoms with Crippen LogP contribution in [0.15, 0.2) is 60.9 Å². The second-order valence-electron chi connectivity index (χ2n) is 6.19. The Bertz CT molecular complexity index is 877. The molecule has 0 N–H and O–H groups in total. The monoisotopic (exact) mass is 333 g/mol. The third kappa shape index (κ3) is 3.31. The molecule has 0 aliphatic carbocycles. The summed E-state index contributed by atoms with van der Waals surface area (Å²) in [6, 6.07) is 16.0. The van der Waals surface area contributed by atoms with Crippen molar-refractivity contribution in [2.45, 2.75) is 18.9 Å². The van der Waals surface area contributed by atoms with E-state index in [2.05, 4.69) is 9.97 Å². The second-order valence-corrected chi connectivity index (χ2v) is 6.19. The maximum atomic E-state index is 13.1. The lowest BCUT2D eigenvalue weighted by molar-refractivity contribution is 0.0517. The van der Waals surface area contributed by atoms with Gasteiger partial charge in [-0.05, 0) is 35.7 Å². The number of carbonyl (C=O) groups is 1. The Kier molecular flexibility index (Phi) is 4.29. The number of likely N-dealkylation sites (tertiary alicyclic amines) is 1. The van der Waals surface area contributed by atoms with Crippen LogP contribution >= 0.6 is 0 Å². The summed E-state index contributed by atoms with van der Waals surface area (Å²) in [5, 5.41) is 2.07. The number of hydrogen-bond acceptors (Lipinski definition) is 4. The lowest BCUT2D eigenvalue weighted by atomic mass is 10.0. The van der Waals surface area contributed by atoms with E-state index in [9.17, 15) is 4.79 Å². The molecular weight excluding hydrogens is 314 g/mol. The Labute approximate surface area is 146 Å². The maximum Gasteiger partial charge on any atom is 0.316 e. The van der Waals surface area contributed by atoms with Crippen LogP contribution in [0.1, 0.15) is 23.2 Å². The van der Waals surface area contributed by atoms with Gasteiger partial charge in [0.2, 0.25) is 0 Å². The molecule has 1 saturated heterocycles. The van der Waals surface area contributed by atoms with E-state index < -0.39 is 0 Å². The Morgan fingerprint density at radius 1 is 1.04 bits per heavy atom. The maximum absolute atomic E-state index is 13.1. The molecule has 0 spiro atoms. The van der Waals surface area contributed by atoms with Crippen molar-refractivity contribution in [3.63, 3.8) is 0 Å². The highest BCUT2D eigenvalue weighted by atomic mass is 16.5. The number of hydrogen-bond donors (Lipinski definition) is 0. The summed E-state index contributed by atoms with van der Waals surface area (Å²) < 4.78 is 5.84. The smallest absolute Gasteiger partial charge is 0.316 e. The predicted octanol–water partition coefficient (Wildman–Crippen LogP) is 3.31. The molecule has 1 atom stereocenters. The van der Waals surface area contributed by atoms with Crippen LogP contribution in [-0.4, -0.2) is 40.0 Å². The third-order valence-corrected chi connectivity index (χ3v) is 4.50. The highest BCUT2D eigenvalue weighted by molar-refractivity contribution is 6.07. The third-order valence-electron chi connectivity index (χ3n) is 4.50. The summed E-state index contributed by atoms with van der Waals surface area (Å²) in [5.74, 6) is 0.0547. The summed E-state index contributed by atoms with van der Waals surface area (Å²) in [6.45, 7) is 1.30. The van der Waals surface area contributed by atoms with Crippen molar-refractivity contribution in [3.8, 4) is 6.01 Å². The van der Waals surface area contributed by atoms with Crippen molar-refractivity contribution < 1.29 is 9.53 Å². The highest BCUT2D eigenvalue weighted by Crippen LogP contribution is 2.22. The van der Waals surface area contributed by atoms with Crippen molar-refractivity contribution in [1.82, 2.24) is 14.9 Å². The molecule has 0 saturated carbocycles. The van der Waals surface area contributed by atoms with Gasteiger partial charge in [0.25, 0.3) is 5.91 Å². The van der Waals surface area contributed by atoms with Crippen LogP contribution in [0, 0.1) is 0 Å². The summed E-state index contributed by atoms with van der Waals surface area (Å²) in [4.78, 5) is 23.1. The molecule has 2 heterocycles. The minimum Gasteiger partial charge on any atom is -0.458 e. The highest BCUT2D eigenvalue weighted by Gasteiger charge is 2.27. The average Bonchev–Trinajstić information content (AvgIpc) is 2.68. The average molecular weight is 333 g/mol. The zero-order chi connectivity index (χ0) is 17.1. The molecule has 0 radical (unpaired) electrons. The second kappa shape index (κ2) is 6.89. The number of carbonyl (C=O) groups excluding carboxylic acids is 1. The van der Waals surface area contributed by atoms with E-state index in [4.69, 9.17) is 4.74 Å². The molecule has 1 aliphatic rings. The SMILES string of the molecule is O=C(c1cccc2ccccc12)N1CCCC(Oc2ncccn2)C1. The summed E-state index contributed by atoms with van der Waals surface area (Å²) in [5.41, 5.74) is 0.745. The molecule has 1 amide bonds. The minimum atomic E-state index is -0.0740. The van der Waals surface area contributed by atoms with Crippen LogP contribution in [0.5, 0.6) is 6.01 Å². The zero-order valence-corrected chi connectivity index (χ0v) is 13.8. The Balaban J connectivity index is 1.53. The lowest BCUT2D eigenvalue weighted by Crippen LogP contribution is -2.44. The summed E-state index contributed by atoms with van der Waals surface area (Å²) in [7, 11) is 0. The molecule has 3 aromatic rings. The number of fused-ring (bicyclic) bond motifs is 1. The first-order valence-electron chi connectivity index (χ1n) is 8.52. The molecular formula is C20H19N3O2. The van der Waals surface area contributed by atoms with Gasteiger partial charge in [-0.25, -0.2) is 9.97 Å². The molecule has 5 heteroatoms. The van der Waals surface area contributed by atoms with Crippen LogP contribution < -0.4 is 4.74 Å². The fourth-order valence-corrected chi connectivity index (χ4v) is 3.30. The first-order valence-corrected chi connectivity index (χ1v) is 8.52. The zero-order valence-electron chi connectivity index (χ0n) is 13.8. The van der Waals surface area contributed by atoms with Gasteiger partial charge in [-0.1, -0.05) is 36.4 Å². The van der Waals surface area contributed by atoms with E-state index in [1.807, 2.05) is 47.4 Å². The number of ether oxygens (including phenoxy) is 1. The van der Waals surface area contributed by atoms with Gasteiger partial charge in [0.15, 0.2) is 0 Å². The molecule has 1 aromatic heterocycles. The first kappa shape index (κ1) is 15.6. The number of nitrogens with zero attached hydrogens (tertiary/aromatic N) is 3. The van der Waals surface area contributed by atoms with E-state index in [1.165, 1.54) is 0 Å². The Morgan fingerprint density at radius 2 is 1.84 bits per heavy atom. The molecule has 5 nitrogen and oxygen atoms in total. The van der Waals surface area contributed by atoms with Gasteiger partial charge >= 0.3 is 6.01 Å².